The fourth-order valence-electron chi connectivity index (χ4n) is 2.97. The van der Waals surface area contributed by atoms with Gasteiger partial charge in [-0.05, 0) is 24.4 Å². The standard InChI is InChI=1S/C16H21BN2O5.ClH/c1-9(2)15(18)19-7-11(8-19)23-12-4-3-10-5-6-17(22)24-14(10)13(12)16(20)21;/h3-4,9,11,18,22H,5-8H2,1-2H3,(H,20,21);1H. The quantitative estimate of drug-likeness (QED) is 0.426. The lowest BCUT2D eigenvalue weighted by molar-refractivity contribution is 0.0578. The van der Waals surface area contributed by atoms with Crippen molar-refractivity contribution < 1.29 is 24.3 Å². The summed E-state index contributed by atoms with van der Waals surface area (Å²) in [6.45, 7) is 5.06. The van der Waals surface area contributed by atoms with Crippen LogP contribution in [0.5, 0.6) is 11.5 Å². The van der Waals surface area contributed by atoms with E-state index in [4.69, 9.17) is 14.8 Å². The molecular formula is C16H22BClN2O5. The number of fused-ring (bicyclic) bond motifs is 1. The SMILES string of the molecule is CC(C)C(=N)N1CC(Oc2ccc3c(c2C(=O)O)OB(O)CC3)C1.Cl. The van der Waals surface area contributed by atoms with Gasteiger partial charge >= 0.3 is 13.1 Å². The van der Waals surface area contributed by atoms with Gasteiger partial charge in [0.25, 0.3) is 0 Å². The van der Waals surface area contributed by atoms with Crippen LogP contribution in [0.3, 0.4) is 0 Å². The largest absolute Gasteiger partial charge is 0.535 e. The van der Waals surface area contributed by atoms with E-state index in [0.717, 1.165) is 5.56 Å². The molecule has 2 aliphatic heterocycles. The molecule has 1 aromatic carbocycles. The highest BCUT2D eigenvalue weighted by atomic mass is 35.5. The molecule has 0 bridgehead atoms. The first-order chi connectivity index (χ1) is 11.4. The van der Waals surface area contributed by atoms with Crippen LogP contribution in [-0.2, 0) is 6.42 Å². The molecule has 0 atom stereocenters. The Balaban J connectivity index is 0.00000225. The van der Waals surface area contributed by atoms with Crippen molar-refractivity contribution in [3.8, 4) is 11.5 Å². The van der Waals surface area contributed by atoms with Gasteiger partial charge in [-0.1, -0.05) is 19.9 Å². The molecule has 0 saturated carbocycles. The van der Waals surface area contributed by atoms with Gasteiger partial charge in [0.1, 0.15) is 23.2 Å². The van der Waals surface area contributed by atoms with Crippen molar-refractivity contribution in [3.05, 3.63) is 23.3 Å². The number of amidine groups is 1. The van der Waals surface area contributed by atoms with E-state index < -0.39 is 13.1 Å². The van der Waals surface area contributed by atoms with Gasteiger partial charge in [0.15, 0.2) is 0 Å². The third-order valence-corrected chi connectivity index (χ3v) is 4.36. The van der Waals surface area contributed by atoms with Gasteiger partial charge in [0.05, 0.1) is 18.9 Å². The molecule has 0 amide bonds. The second-order valence-corrected chi connectivity index (χ2v) is 6.53. The summed E-state index contributed by atoms with van der Waals surface area (Å²) in [5, 5.41) is 27.1. The van der Waals surface area contributed by atoms with Crippen molar-refractivity contribution in [2.75, 3.05) is 13.1 Å². The topological polar surface area (TPSA) is 103 Å². The number of hydrogen-bond donors (Lipinski definition) is 3. The van der Waals surface area contributed by atoms with Crippen molar-refractivity contribution in [3.63, 3.8) is 0 Å². The molecule has 2 aliphatic rings. The molecule has 0 spiro atoms. The molecule has 3 rings (SSSR count). The van der Waals surface area contributed by atoms with Gasteiger partial charge in [-0.25, -0.2) is 4.79 Å². The third kappa shape index (κ3) is 3.85. The van der Waals surface area contributed by atoms with Crippen molar-refractivity contribution >= 4 is 31.3 Å². The summed E-state index contributed by atoms with van der Waals surface area (Å²) in [5.41, 5.74) is 0.727. The van der Waals surface area contributed by atoms with Crippen LogP contribution in [-0.4, -0.2) is 53.1 Å². The summed E-state index contributed by atoms with van der Waals surface area (Å²) in [5.74, 6) is 0.0207. The Morgan fingerprint density at radius 3 is 2.72 bits per heavy atom. The third-order valence-electron chi connectivity index (χ3n) is 4.36. The highest BCUT2D eigenvalue weighted by Gasteiger charge is 2.34. The Morgan fingerprint density at radius 2 is 2.12 bits per heavy atom. The molecule has 1 fully saturated rings. The second kappa shape index (κ2) is 7.53. The highest BCUT2D eigenvalue weighted by molar-refractivity contribution is 6.44. The lowest BCUT2D eigenvalue weighted by Crippen LogP contribution is -2.57. The number of likely N-dealkylation sites (tertiary alicyclic amines) is 1. The van der Waals surface area contributed by atoms with Gasteiger partial charge in [-0.3, -0.25) is 5.41 Å². The number of ether oxygens (including phenoxy) is 1. The molecule has 3 N–H and O–H groups in total. The molecule has 1 aromatic rings. The van der Waals surface area contributed by atoms with Gasteiger partial charge in [-0.15, -0.1) is 12.4 Å². The van der Waals surface area contributed by atoms with E-state index in [1.54, 1.807) is 12.1 Å². The zero-order valence-corrected chi connectivity index (χ0v) is 15.0. The minimum absolute atomic E-state index is 0. The number of nitrogens with zero attached hydrogens (tertiary/aromatic N) is 1. The fraction of sp³-hybridized carbons (Fsp3) is 0.500. The van der Waals surface area contributed by atoms with Crippen LogP contribution in [0.25, 0.3) is 0 Å². The minimum atomic E-state index is -1.14. The number of aryl methyl sites for hydroxylation is 1. The number of halogens is 1. The molecule has 0 radical (unpaired) electrons. The average molecular weight is 369 g/mol. The maximum Gasteiger partial charge on any atom is 0.522 e. The number of rotatable bonds is 4. The lowest BCUT2D eigenvalue weighted by Gasteiger charge is -2.42. The molecule has 0 aromatic heterocycles. The van der Waals surface area contributed by atoms with Crippen LogP contribution in [0.4, 0.5) is 0 Å². The molecule has 9 heteroatoms. The number of nitrogens with one attached hydrogen (secondary N) is 1. The Kier molecular flexibility index (Phi) is 5.85. The van der Waals surface area contributed by atoms with Gasteiger partial charge in [-0.2, -0.15) is 0 Å². The van der Waals surface area contributed by atoms with Gasteiger partial charge in [0, 0.05) is 5.92 Å². The maximum absolute atomic E-state index is 11.7. The fourth-order valence-corrected chi connectivity index (χ4v) is 2.97. The normalized spacial score (nSPS) is 16.5. The Hall–Kier alpha value is -1.93. The summed E-state index contributed by atoms with van der Waals surface area (Å²) < 4.78 is 11.2. The van der Waals surface area contributed by atoms with Gasteiger partial charge in [0.2, 0.25) is 0 Å². The number of hydrogen-bond acceptors (Lipinski definition) is 5. The van der Waals surface area contributed by atoms with Crippen LogP contribution < -0.4 is 9.39 Å². The van der Waals surface area contributed by atoms with E-state index in [-0.39, 0.29) is 41.5 Å². The van der Waals surface area contributed by atoms with E-state index in [1.165, 1.54) is 0 Å². The Morgan fingerprint density at radius 1 is 1.44 bits per heavy atom. The molecule has 25 heavy (non-hydrogen) atoms. The summed E-state index contributed by atoms with van der Waals surface area (Å²) in [7, 11) is -0.989. The highest BCUT2D eigenvalue weighted by Crippen LogP contribution is 2.37. The monoisotopic (exact) mass is 368 g/mol. The predicted molar refractivity (Wildman–Crippen MR) is 96.3 cm³/mol. The van der Waals surface area contributed by atoms with E-state index in [1.807, 2.05) is 18.7 Å². The first-order valence-corrected chi connectivity index (χ1v) is 8.10. The number of benzene rings is 1. The lowest BCUT2D eigenvalue weighted by atomic mass is 9.78. The minimum Gasteiger partial charge on any atom is -0.535 e. The number of aromatic carboxylic acids is 1. The number of carboxylic acids is 1. The van der Waals surface area contributed by atoms with Crippen LogP contribution in [0.2, 0.25) is 6.32 Å². The zero-order chi connectivity index (χ0) is 17.4. The van der Waals surface area contributed by atoms with Gasteiger partial charge < -0.3 is 24.4 Å². The van der Waals surface area contributed by atoms with Crippen molar-refractivity contribution in [1.82, 2.24) is 4.90 Å². The summed E-state index contributed by atoms with van der Waals surface area (Å²) >= 11 is 0. The molecule has 136 valence electrons. The molecular weight excluding hydrogens is 346 g/mol. The average Bonchev–Trinajstić information content (AvgIpc) is 2.48. The summed E-state index contributed by atoms with van der Waals surface area (Å²) in [6, 6.07) is 3.44. The van der Waals surface area contributed by atoms with E-state index in [0.29, 0.717) is 31.7 Å². The molecule has 1 saturated heterocycles. The number of carbonyl (C=O) groups is 1. The van der Waals surface area contributed by atoms with E-state index in [9.17, 15) is 14.9 Å². The van der Waals surface area contributed by atoms with Crippen LogP contribution in [0, 0.1) is 11.3 Å². The van der Waals surface area contributed by atoms with E-state index in [2.05, 4.69) is 0 Å². The van der Waals surface area contributed by atoms with Crippen molar-refractivity contribution in [2.24, 2.45) is 5.92 Å². The van der Waals surface area contributed by atoms with Crippen molar-refractivity contribution in [2.45, 2.75) is 32.7 Å². The first kappa shape index (κ1) is 19.4. The number of carboxylic acid groups (broad SMARTS) is 1. The van der Waals surface area contributed by atoms with Crippen LogP contribution in [0.1, 0.15) is 29.8 Å². The Labute approximate surface area is 153 Å². The van der Waals surface area contributed by atoms with Crippen molar-refractivity contribution in [1.29, 1.82) is 5.41 Å². The van der Waals surface area contributed by atoms with Crippen LogP contribution in [0.15, 0.2) is 12.1 Å². The maximum atomic E-state index is 11.7. The molecule has 0 unspecified atom stereocenters. The summed E-state index contributed by atoms with van der Waals surface area (Å²) in [6.07, 6.45) is 0.856. The van der Waals surface area contributed by atoms with E-state index >= 15 is 0 Å². The zero-order valence-electron chi connectivity index (χ0n) is 14.2. The summed E-state index contributed by atoms with van der Waals surface area (Å²) in [4.78, 5) is 13.6. The predicted octanol–water partition coefficient (Wildman–Crippen LogP) is 1.92. The van der Waals surface area contributed by atoms with Crippen LogP contribution >= 0.6 is 12.4 Å². The first-order valence-electron chi connectivity index (χ1n) is 8.10. The second-order valence-electron chi connectivity index (χ2n) is 6.53. The molecule has 0 aliphatic carbocycles. The molecule has 2 heterocycles. The smallest absolute Gasteiger partial charge is 0.522 e. The Bertz CT molecular complexity index is 679. The molecule has 7 nitrogen and oxygen atoms in total.